The molecule has 4 aromatic rings. The fourth-order valence-electron chi connectivity index (χ4n) is 4.35. The van der Waals surface area contributed by atoms with E-state index in [-0.39, 0.29) is 0 Å². The monoisotopic (exact) mass is 511 g/mol. The van der Waals surface area contributed by atoms with Crippen LogP contribution in [0.25, 0.3) is 5.00 Å². The summed E-state index contributed by atoms with van der Waals surface area (Å²) in [7, 11) is 0. The van der Waals surface area contributed by atoms with Gasteiger partial charge in [-0.25, -0.2) is 0 Å². The summed E-state index contributed by atoms with van der Waals surface area (Å²) in [5.74, 6) is -0.478. The van der Waals surface area contributed by atoms with Crippen molar-refractivity contribution in [3.05, 3.63) is 87.1 Å². The maximum Gasteiger partial charge on any atom is 0.308 e. The molecule has 4 heterocycles. The molecule has 10 heteroatoms. The average molecular weight is 512 g/mol. The number of hydrogen-bond acceptors (Lipinski definition) is 8. The zero-order valence-electron chi connectivity index (χ0n) is 20.9. The van der Waals surface area contributed by atoms with Crippen molar-refractivity contribution >= 4 is 28.7 Å². The van der Waals surface area contributed by atoms with Gasteiger partial charge in [-0.1, -0.05) is 12.1 Å². The van der Waals surface area contributed by atoms with Gasteiger partial charge in [0.05, 0.1) is 29.4 Å². The molecule has 9 nitrogen and oxygen atoms in total. The van der Waals surface area contributed by atoms with Gasteiger partial charge in [-0.15, -0.1) is 21.5 Å². The van der Waals surface area contributed by atoms with Crippen LogP contribution < -0.4 is 5.32 Å². The number of pyridine rings is 1. The minimum atomic E-state index is -0.936. The van der Waals surface area contributed by atoms with Crippen molar-refractivity contribution in [2.45, 2.75) is 40.3 Å². The van der Waals surface area contributed by atoms with E-state index in [4.69, 9.17) is 10.3 Å². The van der Waals surface area contributed by atoms with Crippen molar-refractivity contribution in [1.82, 2.24) is 19.7 Å². The first-order valence-corrected chi connectivity index (χ1v) is 12.6. The molecule has 37 heavy (non-hydrogen) atoms. The second-order valence-electron chi connectivity index (χ2n) is 9.03. The fraction of sp³-hybridized carbons (Fsp3) is 0.259. The number of nitrogens with zero attached hydrogens (tertiary/aromatic N) is 6. The van der Waals surface area contributed by atoms with E-state index in [1.165, 1.54) is 0 Å². The van der Waals surface area contributed by atoms with E-state index >= 15 is 0 Å². The molecule has 1 aliphatic heterocycles. The van der Waals surface area contributed by atoms with Gasteiger partial charge in [-0.05, 0) is 57.5 Å². The number of aryl methyl sites for hydroxylation is 2. The van der Waals surface area contributed by atoms with Crippen LogP contribution in [0.3, 0.4) is 0 Å². The number of anilines is 1. The molecule has 0 spiro atoms. The Labute approximate surface area is 218 Å². The highest BCUT2D eigenvalue weighted by atomic mass is 32.1. The second-order valence-corrected chi connectivity index (χ2v) is 10.2. The van der Waals surface area contributed by atoms with Crippen LogP contribution in [-0.2, 0) is 11.3 Å². The van der Waals surface area contributed by atoms with E-state index in [2.05, 4.69) is 40.4 Å². The van der Waals surface area contributed by atoms with E-state index in [0.29, 0.717) is 23.8 Å². The number of nitrogens with one attached hydrogen (secondary N) is 1. The first-order valence-electron chi connectivity index (χ1n) is 11.8. The molecule has 1 aliphatic rings. The predicted molar refractivity (Wildman–Crippen MR) is 141 cm³/mol. The van der Waals surface area contributed by atoms with Crippen LogP contribution in [0.1, 0.15) is 57.4 Å². The number of carboxylic acid groups (broad SMARTS) is 1. The number of carbonyl (C=O) groups is 1. The van der Waals surface area contributed by atoms with E-state index < -0.39 is 17.9 Å². The third-order valence-corrected chi connectivity index (χ3v) is 7.83. The summed E-state index contributed by atoms with van der Waals surface area (Å²) in [6.07, 6.45) is 1.56. The summed E-state index contributed by atoms with van der Waals surface area (Å²) in [6, 6.07) is 12.9. The number of thiophene rings is 1. The third kappa shape index (κ3) is 4.38. The van der Waals surface area contributed by atoms with Crippen LogP contribution in [0.5, 0.6) is 0 Å². The molecule has 1 unspecified atom stereocenters. The lowest BCUT2D eigenvalue weighted by molar-refractivity contribution is -0.141. The number of fused-ring (bicyclic) bond motifs is 3. The highest BCUT2D eigenvalue weighted by Crippen LogP contribution is 2.40. The zero-order chi connectivity index (χ0) is 26.3. The Morgan fingerprint density at radius 3 is 2.59 bits per heavy atom. The summed E-state index contributed by atoms with van der Waals surface area (Å²) in [4.78, 5) is 22.5. The molecule has 0 aliphatic carbocycles. The van der Waals surface area contributed by atoms with Gasteiger partial charge in [-0.3, -0.25) is 19.3 Å². The van der Waals surface area contributed by atoms with E-state index in [9.17, 15) is 9.90 Å². The van der Waals surface area contributed by atoms with Gasteiger partial charge in [0.2, 0.25) is 0 Å². The number of aliphatic imine (C=N–C) groups is 1. The summed E-state index contributed by atoms with van der Waals surface area (Å²) in [5.41, 5.74) is 5.99. The van der Waals surface area contributed by atoms with Gasteiger partial charge in [0.25, 0.3) is 0 Å². The first-order chi connectivity index (χ1) is 17.8. The predicted octanol–water partition coefficient (Wildman–Crippen LogP) is 4.75. The maximum atomic E-state index is 12.0. The quantitative estimate of drug-likeness (QED) is 0.382. The van der Waals surface area contributed by atoms with Gasteiger partial charge >= 0.3 is 5.97 Å². The highest BCUT2D eigenvalue weighted by molar-refractivity contribution is 7.15. The van der Waals surface area contributed by atoms with E-state index in [1.54, 1.807) is 30.5 Å². The summed E-state index contributed by atoms with van der Waals surface area (Å²) < 4.78 is 1.96. The molecule has 3 aromatic heterocycles. The number of aromatic nitrogens is 4. The fourth-order valence-corrected chi connectivity index (χ4v) is 5.56. The number of carboxylic acids is 1. The summed E-state index contributed by atoms with van der Waals surface area (Å²) in [5, 5.41) is 31.7. The van der Waals surface area contributed by atoms with Crippen molar-refractivity contribution < 1.29 is 9.90 Å². The van der Waals surface area contributed by atoms with Crippen molar-refractivity contribution in [3.8, 4) is 11.1 Å². The Morgan fingerprint density at radius 2 is 1.95 bits per heavy atom. The lowest BCUT2D eigenvalue weighted by Crippen LogP contribution is -2.21. The van der Waals surface area contributed by atoms with Crippen LogP contribution in [0, 0.1) is 38.0 Å². The minimum absolute atomic E-state index is 0.518. The zero-order valence-corrected chi connectivity index (χ0v) is 21.7. The largest absolute Gasteiger partial charge is 0.481 e. The SMILES string of the molecule is Cc1sc2c(c1C)C(c1ccc(NCc3ccc(C#N)cn3)cc1)=NC([C@H](C)C(=O)O)c1nnc(C)n1-2. The van der Waals surface area contributed by atoms with Gasteiger partial charge in [-0.2, -0.15) is 5.26 Å². The number of aliphatic carboxylic acids is 1. The van der Waals surface area contributed by atoms with Gasteiger partial charge in [0.15, 0.2) is 5.82 Å². The Kier molecular flexibility index (Phi) is 6.31. The third-order valence-electron chi connectivity index (χ3n) is 6.64. The van der Waals surface area contributed by atoms with E-state index in [0.717, 1.165) is 43.7 Å². The molecule has 2 atom stereocenters. The van der Waals surface area contributed by atoms with Crippen LogP contribution >= 0.6 is 11.3 Å². The smallest absolute Gasteiger partial charge is 0.308 e. The molecular formula is C27H25N7O2S. The van der Waals surface area contributed by atoms with Gasteiger partial charge in [0.1, 0.15) is 22.9 Å². The summed E-state index contributed by atoms with van der Waals surface area (Å²) in [6.45, 7) is 8.20. The highest BCUT2D eigenvalue weighted by Gasteiger charge is 2.36. The Morgan fingerprint density at radius 1 is 1.19 bits per heavy atom. The second kappa shape index (κ2) is 9.59. The molecule has 1 aromatic carbocycles. The molecule has 0 saturated heterocycles. The Balaban J connectivity index is 1.53. The lowest BCUT2D eigenvalue weighted by atomic mass is 9.98. The van der Waals surface area contributed by atoms with Gasteiger partial charge in [0, 0.05) is 27.9 Å². The van der Waals surface area contributed by atoms with E-state index in [1.807, 2.05) is 41.8 Å². The van der Waals surface area contributed by atoms with Crippen molar-refractivity contribution in [3.63, 3.8) is 0 Å². The molecule has 186 valence electrons. The van der Waals surface area contributed by atoms with Crippen LogP contribution in [0.2, 0.25) is 0 Å². The van der Waals surface area contributed by atoms with Crippen molar-refractivity contribution in [2.75, 3.05) is 5.32 Å². The van der Waals surface area contributed by atoms with Crippen molar-refractivity contribution in [2.24, 2.45) is 10.9 Å². The topological polar surface area (TPSA) is 129 Å². The Bertz CT molecular complexity index is 1560. The van der Waals surface area contributed by atoms with Crippen LogP contribution in [0.15, 0.2) is 47.6 Å². The number of benzene rings is 1. The molecule has 0 saturated carbocycles. The Hall–Kier alpha value is -4.36. The molecule has 0 radical (unpaired) electrons. The lowest BCUT2D eigenvalue weighted by Gasteiger charge is -2.16. The molecule has 0 amide bonds. The maximum absolute atomic E-state index is 12.0. The first kappa shape index (κ1) is 24.3. The van der Waals surface area contributed by atoms with Gasteiger partial charge < -0.3 is 10.4 Å². The summed E-state index contributed by atoms with van der Waals surface area (Å²) >= 11 is 1.64. The standard InChI is InChI=1S/C27H25N7O2S/c1-14-16(3)37-26-22(14)24(31-23(15(2)27(35)36)25-33-32-17(4)34(25)26)19-6-9-20(10-7-19)30-13-21-8-5-18(11-28)12-29-21/h5-10,12,15,23,30H,13H2,1-4H3,(H,35,36)/t15-,23?/m0/s1. The minimum Gasteiger partial charge on any atom is -0.481 e. The number of nitriles is 1. The number of hydrogen-bond donors (Lipinski definition) is 2. The van der Waals surface area contributed by atoms with Crippen LogP contribution in [-0.4, -0.2) is 36.5 Å². The normalized spacial score (nSPS) is 15.1. The van der Waals surface area contributed by atoms with Crippen LogP contribution in [0.4, 0.5) is 5.69 Å². The molecule has 5 rings (SSSR count). The molecule has 0 bridgehead atoms. The molecular weight excluding hydrogens is 486 g/mol. The molecule has 2 N–H and O–H groups in total. The average Bonchev–Trinajstić information content (AvgIpc) is 3.37. The number of rotatable bonds is 6. The van der Waals surface area contributed by atoms with Crippen molar-refractivity contribution in [1.29, 1.82) is 5.26 Å². The molecule has 0 fully saturated rings.